The number of nitrogens with two attached hydrogens (primary N) is 1. The van der Waals surface area contributed by atoms with E-state index in [2.05, 4.69) is 12.2 Å². The topological polar surface area (TPSA) is 87.9 Å². The Morgan fingerprint density at radius 1 is 1.27 bits per heavy atom. The molecule has 9 heteroatoms. The standard InChI is InChI=1S/C17H15F3N2O2S.C4H10O/c1-17(7-24-17)8-25-14-4-9(2-3-13(14)21)16(23)22-10-5-11(18)15(20)12(19)6-10;1-2-3-4-5/h2-6H,7-8,21H2,1H3,(H,22,23);5H,2-4H2,1H3/t17-;/m1./s1. The molecule has 0 aromatic heterocycles. The molecule has 2 aromatic carbocycles. The van der Waals surface area contributed by atoms with Crippen molar-refractivity contribution in [1.29, 1.82) is 0 Å². The Kier molecular flexibility index (Phi) is 8.57. The van der Waals surface area contributed by atoms with Crippen LogP contribution in [0.25, 0.3) is 0 Å². The number of amides is 1. The minimum absolute atomic E-state index is 0.168. The number of hydrogen-bond acceptors (Lipinski definition) is 5. The predicted octanol–water partition coefficient (Wildman–Crippen LogP) is 4.60. The minimum Gasteiger partial charge on any atom is -0.398 e. The van der Waals surface area contributed by atoms with Gasteiger partial charge in [-0.1, -0.05) is 13.3 Å². The number of epoxide rings is 1. The van der Waals surface area contributed by atoms with Gasteiger partial charge in [0, 0.05) is 46.3 Å². The number of nitrogens with one attached hydrogen (secondary N) is 1. The first-order chi connectivity index (χ1) is 14.2. The summed E-state index contributed by atoms with van der Waals surface area (Å²) >= 11 is 1.46. The first-order valence-corrected chi connectivity index (χ1v) is 10.4. The maximum absolute atomic E-state index is 13.2. The number of thioether (sulfide) groups is 1. The number of nitrogen functional groups attached to an aromatic ring is 1. The number of benzene rings is 2. The summed E-state index contributed by atoms with van der Waals surface area (Å²) in [6.07, 6.45) is 2.04. The van der Waals surface area contributed by atoms with Gasteiger partial charge in [0.15, 0.2) is 17.5 Å². The smallest absolute Gasteiger partial charge is 0.255 e. The molecule has 1 atom stereocenters. The highest BCUT2D eigenvalue weighted by molar-refractivity contribution is 7.99. The molecule has 3 rings (SSSR count). The van der Waals surface area contributed by atoms with Crippen LogP contribution in [0.1, 0.15) is 37.0 Å². The summed E-state index contributed by atoms with van der Waals surface area (Å²) < 4.78 is 44.7. The molecule has 5 nitrogen and oxygen atoms in total. The summed E-state index contributed by atoms with van der Waals surface area (Å²) in [6.45, 7) is 5.05. The molecule has 0 spiro atoms. The summed E-state index contributed by atoms with van der Waals surface area (Å²) in [7, 11) is 0. The number of unbranched alkanes of at least 4 members (excludes halogenated alkanes) is 1. The Hall–Kier alpha value is -2.23. The molecule has 1 saturated heterocycles. The third-order valence-corrected chi connectivity index (χ3v) is 5.62. The molecule has 0 saturated carbocycles. The van der Waals surface area contributed by atoms with E-state index in [1.807, 2.05) is 6.92 Å². The van der Waals surface area contributed by atoms with E-state index in [1.165, 1.54) is 17.8 Å². The largest absolute Gasteiger partial charge is 0.398 e. The maximum Gasteiger partial charge on any atom is 0.255 e. The molecule has 1 fully saturated rings. The van der Waals surface area contributed by atoms with Crippen LogP contribution in [0.15, 0.2) is 35.2 Å². The molecule has 2 aromatic rings. The third kappa shape index (κ3) is 6.93. The molecular weight excluding hydrogens is 417 g/mol. The fraction of sp³-hybridized carbons (Fsp3) is 0.381. The molecule has 0 unspecified atom stereocenters. The molecule has 1 heterocycles. The molecule has 0 bridgehead atoms. The maximum atomic E-state index is 13.2. The second kappa shape index (κ2) is 10.7. The lowest BCUT2D eigenvalue weighted by Crippen LogP contribution is -2.13. The van der Waals surface area contributed by atoms with Crippen molar-refractivity contribution in [1.82, 2.24) is 0 Å². The number of carbonyl (C=O) groups excluding carboxylic acids is 1. The van der Waals surface area contributed by atoms with Gasteiger partial charge in [0.25, 0.3) is 5.91 Å². The van der Waals surface area contributed by atoms with E-state index in [9.17, 15) is 18.0 Å². The van der Waals surface area contributed by atoms with Gasteiger partial charge in [-0.05, 0) is 31.5 Å². The number of rotatable bonds is 7. The Labute approximate surface area is 177 Å². The normalized spacial score (nSPS) is 17.1. The fourth-order valence-electron chi connectivity index (χ4n) is 2.23. The number of carbonyl (C=O) groups is 1. The average molecular weight is 443 g/mol. The van der Waals surface area contributed by atoms with Gasteiger partial charge < -0.3 is 20.9 Å². The molecule has 0 aliphatic carbocycles. The van der Waals surface area contributed by atoms with Gasteiger partial charge in [-0.25, -0.2) is 13.2 Å². The summed E-state index contributed by atoms with van der Waals surface area (Å²) in [5.74, 6) is -4.22. The lowest BCUT2D eigenvalue weighted by molar-refractivity contribution is 0.102. The fourth-order valence-corrected chi connectivity index (χ4v) is 3.30. The zero-order valence-corrected chi connectivity index (χ0v) is 17.6. The van der Waals surface area contributed by atoms with E-state index in [1.54, 1.807) is 12.1 Å². The van der Waals surface area contributed by atoms with E-state index in [-0.39, 0.29) is 16.9 Å². The van der Waals surface area contributed by atoms with Crippen molar-refractivity contribution in [2.24, 2.45) is 0 Å². The molecule has 1 aliphatic heterocycles. The lowest BCUT2D eigenvalue weighted by atomic mass is 10.2. The first-order valence-electron chi connectivity index (χ1n) is 9.42. The van der Waals surface area contributed by atoms with Gasteiger partial charge in [0.2, 0.25) is 0 Å². The monoisotopic (exact) mass is 442 g/mol. The number of halogens is 3. The summed E-state index contributed by atoms with van der Waals surface area (Å²) in [5.41, 5.74) is 6.36. The Bertz CT molecular complexity index is 867. The molecule has 1 aliphatic rings. The van der Waals surface area contributed by atoms with Crippen molar-refractivity contribution < 1.29 is 27.8 Å². The van der Waals surface area contributed by atoms with Gasteiger partial charge in [-0.15, -0.1) is 11.8 Å². The molecular formula is C21H25F3N2O3S. The number of ether oxygens (including phenoxy) is 1. The zero-order chi connectivity index (χ0) is 22.3. The minimum atomic E-state index is -1.58. The number of aliphatic hydroxyl groups excluding tert-OH is 1. The Morgan fingerprint density at radius 3 is 2.40 bits per heavy atom. The van der Waals surface area contributed by atoms with Gasteiger partial charge >= 0.3 is 0 Å². The molecule has 0 radical (unpaired) electrons. The van der Waals surface area contributed by atoms with Crippen molar-refractivity contribution in [2.45, 2.75) is 37.2 Å². The highest BCUT2D eigenvalue weighted by Gasteiger charge is 2.39. The van der Waals surface area contributed by atoms with E-state index in [4.69, 9.17) is 15.6 Å². The molecule has 4 N–H and O–H groups in total. The van der Waals surface area contributed by atoms with Crippen molar-refractivity contribution in [3.05, 3.63) is 53.3 Å². The second-order valence-electron chi connectivity index (χ2n) is 7.07. The third-order valence-electron chi connectivity index (χ3n) is 4.20. The van der Waals surface area contributed by atoms with E-state index in [0.29, 0.717) is 41.7 Å². The summed E-state index contributed by atoms with van der Waals surface area (Å²) in [5, 5.41) is 10.4. The molecule has 1 amide bonds. The molecule has 164 valence electrons. The number of anilines is 2. The van der Waals surface area contributed by atoms with Crippen molar-refractivity contribution >= 4 is 29.0 Å². The van der Waals surface area contributed by atoms with Gasteiger partial charge in [0.1, 0.15) is 0 Å². The first kappa shape index (κ1) is 24.0. The van der Waals surface area contributed by atoms with Gasteiger partial charge in [-0.3, -0.25) is 4.79 Å². The highest BCUT2D eigenvalue weighted by Crippen LogP contribution is 2.35. The zero-order valence-electron chi connectivity index (χ0n) is 16.8. The van der Waals surface area contributed by atoms with Crippen molar-refractivity contribution in [3.63, 3.8) is 0 Å². The van der Waals surface area contributed by atoms with E-state index >= 15 is 0 Å². The highest BCUT2D eigenvalue weighted by atomic mass is 32.2. The van der Waals surface area contributed by atoms with Crippen LogP contribution in [0.3, 0.4) is 0 Å². The lowest BCUT2D eigenvalue weighted by Gasteiger charge is -2.11. The van der Waals surface area contributed by atoms with Crippen molar-refractivity contribution in [3.8, 4) is 0 Å². The van der Waals surface area contributed by atoms with Crippen LogP contribution in [0.5, 0.6) is 0 Å². The van der Waals surface area contributed by atoms with E-state index < -0.39 is 23.4 Å². The van der Waals surface area contributed by atoms with Crippen LogP contribution in [0, 0.1) is 17.5 Å². The van der Waals surface area contributed by atoms with Crippen LogP contribution in [0.2, 0.25) is 0 Å². The second-order valence-corrected chi connectivity index (χ2v) is 8.08. The SMILES string of the molecule is CCCCO.C[C@]1(CSc2cc(C(=O)Nc3cc(F)c(F)c(F)c3)ccc2N)CO1. The molecule has 30 heavy (non-hydrogen) atoms. The van der Waals surface area contributed by atoms with Gasteiger partial charge in [-0.2, -0.15) is 0 Å². The van der Waals surface area contributed by atoms with E-state index in [0.717, 1.165) is 12.8 Å². The van der Waals surface area contributed by atoms with Crippen LogP contribution < -0.4 is 11.1 Å². The summed E-state index contributed by atoms with van der Waals surface area (Å²) in [6, 6.07) is 6.11. The number of hydrogen-bond donors (Lipinski definition) is 3. The van der Waals surface area contributed by atoms with Crippen LogP contribution in [-0.4, -0.2) is 35.6 Å². The van der Waals surface area contributed by atoms with Crippen LogP contribution >= 0.6 is 11.8 Å². The average Bonchev–Trinajstić information content (AvgIpc) is 3.44. The van der Waals surface area contributed by atoms with Crippen LogP contribution in [0.4, 0.5) is 24.5 Å². The Morgan fingerprint density at radius 2 is 1.90 bits per heavy atom. The number of aliphatic hydroxyl groups is 1. The summed E-state index contributed by atoms with van der Waals surface area (Å²) in [4.78, 5) is 13.0. The predicted molar refractivity (Wildman–Crippen MR) is 112 cm³/mol. The quantitative estimate of drug-likeness (QED) is 0.253. The van der Waals surface area contributed by atoms with Crippen LogP contribution in [-0.2, 0) is 4.74 Å². The van der Waals surface area contributed by atoms with Gasteiger partial charge in [0.05, 0.1) is 12.2 Å². The Balaban J connectivity index is 0.000000575. The van der Waals surface area contributed by atoms with Crippen molar-refractivity contribution in [2.75, 3.05) is 30.0 Å².